The lowest BCUT2D eigenvalue weighted by atomic mass is 9.97. The smallest absolute Gasteiger partial charge is 0.180 e. The maximum absolute atomic E-state index is 12.0. The summed E-state index contributed by atoms with van der Waals surface area (Å²) in [4.78, 5) is 11.4. The van der Waals surface area contributed by atoms with Crippen molar-refractivity contribution in [2.45, 2.75) is 50.7 Å². The number of sulfone groups is 1. The van der Waals surface area contributed by atoms with E-state index in [1.54, 1.807) is 32.9 Å². The van der Waals surface area contributed by atoms with E-state index in [4.69, 9.17) is 0 Å². The number of carbonyl (C=O) groups excluding carboxylic acids is 1. The molecule has 106 valence electrons. The Morgan fingerprint density at radius 3 is 2.05 bits per heavy atom. The number of carbonyl (C=O) groups is 1. The van der Waals surface area contributed by atoms with Crippen molar-refractivity contribution in [3.05, 3.63) is 29.8 Å². The van der Waals surface area contributed by atoms with E-state index in [1.165, 1.54) is 0 Å². The zero-order chi connectivity index (χ0) is 14.6. The lowest BCUT2D eigenvalue weighted by molar-refractivity contribution is -0.117. The van der Waals surface area contributed by atoms with Gasteiger partial charge in [0.2, 0.25) is 0 Å². The lowest BCUT2D eigenvalue weighted by Crippen LogP contribution is -2.14. The Morgan fingerprint density at radius 1 is 1.11 bits per heavy atom. The van der Waals surface area contributed by atoms with Crippen LogP contribution < -0.4 is 0 Å². The van der Waals surface area contributed by atoms with Crippen LogP contribution >= 0.6 is 0 Å². The van der Waals surface area contributed by atoms with Gasteiger partial charge in [0.05, 0.1) is 10.1 Å². The number of rotatable bonds is 6. The molecule has 0 aliphatic carbocycles. The van der Waals surface area contributed by atoms with Crippen LogP contribution in [0.3, 0.4) is 0 Å². The van der Waals surface area contributed by atoms with E-state index in [1.807, 2.05) is 19.1 Å². The second-order valence-electron chi connectivity index (χ2n) is 5.45. The van der Waals surface area contributed by atoms with Crippen LogP contribution in [0.5, 0.6) is 0 Å². The average Bonchev–Trinajstić information content (AvgIpc) is 2.28. The first kappa shape index (κ1) is 15.9. The van der Waals surface area contributed by atoms with Gasteiger partial charge in [-0.05, 0) is 50.8 Å². The van der Waals surface area contributed by atoms with Gasteiger partial charge in [0.15, 0.2) is 9.84 Å². The van der Waals surface area contributed by atoms with E-state index in [2.05, 4.69) is 0 Å². The minimum absolute atomic E-state index is 0.187. The van der Waals surface area contributed by atoms with Gasteiger partial charge < -0.3 is 4.79 Å². The Balaban J connectivity index is 2.80. The first-order chi connectivity index (χ1) is 8.73. The third kappa shape index (κ3) is 4.46. The Bertz CT molecular complexity index is 527. The number of ketones is 1. The molecule has 0 aliphatic heterocycles. The summed E-state index contributed by atoms with van der Waals surface area (Å²) in [6.45, 7) is 6.98. The van der Waals surface area contributed by atoms with Gasteiger partial charge in [-0.3, -0.25) is 0 Å². The summed E-state index contributed by atoms with van der Waals surface area (Å²) in [6.07, 6.45) is 1.35. The van der Waals surface area contributed by atoms with Crippen molar-refractivity contribution in [2.24, 2.45) is 5.92 Å². The van der Waals surface area contributed by atoms with Crippen LogP contribution in [0.4, 0.5) is 0 Å². The second-order valence-corrected chi connectivity index (χ2v) is 7.96. The molecule has 0 saturated heterocycles. The fourth-order valence-electron chi connectivity index (χ4n) is 2.05. The molecule has 0 aliphatic rings. The third-order valence-electron chi connectivity index (χ3n) is 3.09. The van der Waals surface area contributed by atoms with E-state index < -0.39 is 15.1 Å². The van der Waals surface area contributed by atoms with Crippen molar-refractivity contribution in [2.75, 3.05) is 0 Å². The van der Waals surface area contributed by atoms with Crippen LogP contribution in [0.15, 0.2) is 29.2 Å². The van der Waals surface area contributed by atoms with Gasteiger partial charge in [0.1, 0.15) is 5.78 Å². The molecule has 0 heterocycles. The predicted octanol–water partition coefficient (Wildman–Crippen LogP) is 3.03. The monoisotopic (exact) mass is 282 g/mol. The van der Waals surface area contributed by atoms with Crippen molar-refractivity contribution >= 4 is 15.6 Å². The number of hydrogen-bond acceptors (Lipinski definition) is 3. The van der Waals surface area contributed by atoms with Crippen LogP contribution in [0, 0.1) is 5.92 Å². The lowest BCUT2D eigenvalue weighted by Gasteiger charge is -2.11. The Hall–Kier alpha value is -1.16. The van der Waals surface area contributed by atoms with Crippen molar-refractivity contribution in [1.82, 2.24) is 0 Å². The number of Topliss-reactive ketones (excluding diaryl/α,β-unsaturated/α-hetero) is 1. The largest absolute Gasteiger partial charge is 0.300 e. The maximum atomic E-state index is 12.0. The number of hydrogen-bond donors (Lipinski definition) is 0. The van der Waals surface area contributed by atoms with E-state index >= 15 is 0 Å². The normalized spacial score (nSPS) is 13.5. The van der Waals surface area contributed by atoms with Gasteiger partial charge in [0.25, 0.3) is 0 Å². The van der Waals surface area contributed by atoms with Gasteiger partial charge in [-0.1, -0.05) is 19.1 Å². The predicted molar refractivity (Wildman–Crippen MR) is 76.9 cm³/mol. The highest BCUT2D eigenvalue weighted by Gasteiger charge is 2.18. The summed E-state index contributed by atoms with van der Waals surface area (Å²) < 4.78 is 23.9. The summed E-state index contributed by atoms with van der Waals surface area (Å²) in [5.41, 5.74) is 1.07. The topological polar surface area (TPSA) is 51.2 Å². The van der Waals surface area contributed by atoms with E-state index in [0.717, 1.165) is 12.0 Å². The zero-order valence-electron chi connectivity index (χ0n) is 12.0. The summed E-state index contributed by atoms with van der Waals surface area (Å²) in [7, 11) is -3.20. The minimum atomic E-state index is -3.20. The Kier molecular flexibility index (Phi) is 5.29. The molecule has 0 fully saturated rings. The van der Waals surface area contributed by atoms with E-state index in [0.29, 0.717) is 11.3 Å². The molecule has 0 saturated carbocycles. The van der Waals surface area contributed by atoms with Gasteiger partial charge in [-0.15, -0.1) is 0 Å². The fourth-order valence-corrected chi connectivity index (χ4v) is 3.11. The summed E-state index contributed by atoms with van der Waals surface area (Å²) in [5, 5.41) is -0.407. The molecule has 1 aromatic carbocycles. The summed E-state index contributed by atoms with van der Waals surface area (Å²) in [5.74, 6) is 0.469. The standard InChI is InChI=1S/C15H22O3S/c1-11(2)19(17,18)15-7-5-14(6-8-15)10-12(3)9-13(4)16/h5-8,11-12H,9-10H2,1-4H3. The molecule has 0 amide bonds. The third-order valence-corrected chi connectivity index (χ3v) is 5.26. The maximum Gasteiger partial charge on any atom is 0.180 e. The molecule has 1 aromatic rings. The van der Waals surface area contributed by atoms with Crippen LogP contribution in [0.1, 0.15) is 39.7 Å². The van der Waals surface area contributed by atoms with Gasteiger partial charge in [0, 0.05) is 6.42 Å². The van der Waals surface area contributed by atoms with Gasteiger partial charge in [-0.2, -0.15) is 0 Å². The van der Waals surface area contributed by atoms with Gasteiger partial charge in [-0.25, -0.2) is 8.42 Å². The van der Waals surface area contributed by atoms with Gasteiger partial charge >= 0.3 is 0 Å². The first-order valence-electron chi connectivity index (χ1n) is 6.55. The van der Waals surface area contributed by atoms with Crippen molar-refractivity contribution in [3.63, 3.8) is 0 Å². The molecule has 4 heteroatoms. The Morgan fingerprint density at radius 2 is 1.63 bits per heavy atom. The molecule has 1 unspecified atom stereocenters. The van der Waals surface area contributed by atoms with Crippen LogP contribution in [0.25, 0.3) is 0 Å². The molecular weight excluding hydrogens is 260 g/mol. The van der Waals surface area contributed by atoms with Crippen molar-refractivity contribution in [3.8, 4) is 0 Å². The second kappa shape index (κ2) is 6.33. The minimum Gasteiger partial charge on any atom is -0.300 e. The van der Waals surface area contributed by atoms with Crippen molar-refractivity contribution < 1.29 is 13.2 Å². The molecule has 0 spiro atoms. The van der Waals surface area contributed by atoms with Crippen LogP contribution in [-0.2, 0) is 21.1 Å². The molecule has 1 atom stereocenters. The molecule has 0 N–H and O–H groups in total. The average molecular weight is 282 g/mol. The molecule has 0 radical (unpaired) electrons. The highest BCUT2D eigenvalue weighted by molar-refractivity contribution is 7.92. The fraction of sp³-hybridized carbons (Fsp3) is 0.533. The highest BCUT2D eigenvalue weighted by Crippen LogP contribution is 2.18. The Labute approximate surface area is 116 Å². The summed E-state index contributed by atoms with van der Waals surface area (Å²) in [6, 6.07) is 6.99. The SMILES string of the molecule is CC(=O)CC(C)Cc1ccc(S(=O)(=O)C(C)C)cc1. The molecule has 19 heavy (non-hydrogen) atoms. The number of benzene rings is 1. The summed E-state index contributed by atoms with van der Waals surface area (Å²) >= 11 is 0. The molecule has 1 rings (SSSR count). The first-order valence-corrected chi connectivity index (χ1v) is 8.10. The van der Waals surface area contributed by atoms with Crippen molar-refractivity contribution in [1.29, 1.82) is 0 Å². The molecular formula is C15H22O3S. The highest BCUT2D eigenvalue weighted by atomic mass is 32.2. The van der Waals surface area contributed by atoms with E-state index in [-0.39, 0.29) is 11.7 Å². The van der Waals surface area contributed by atoms with E-state index in [9.17, 15) is 13.2 Å². The zero-order valence-corrected chi connectivity index (χ0v) is 12.8. The molecule has 0 bridgehead atoms. The quantitative estimate of drug-likeness (QED) is 0.806. The molecule has 3 nitrogen and oxygen atoms in total. The van der Waals surface area contributed by atoms with Crippen LogP contribution in [0.2, 0.25) is 0 Å². The molecule has 0 aromatic heterocycles. The van der Waals surface area contributed by atoms with Crippen LogP contribution in [-0.4, -0.2) is 19.5 Å².